The van der Waals surface area contributed by atoms with Crippen LogP contribution in [0.5, 0.6) is 5.75 Å². The maximum atomic E-state index is 12.4. The van der Waals surface area contributed by atoms with Gasteiger partial charge in [-0.2, -0.15) is 0 Å². The molecule has 1 N–H and O–H groups in total. The molecule has 1 amide bonds. The third-order valence-electron chi connectivity index (χ3n) is 3.17. The Hall–Kier alpha value is -2.54. The number of rotatable bonds is 5. The number of anilines is 1. The minimum Gasteiger partial charge on any atom is -0.495 e. The standard InChI is InChI=1S/C16H18N2O4S/c1-18(2)16(19)12-8-10-13(11-9-12)23(20,21)17-14-6-4-5-7-15(14)22-3/h4-11,17H,1-3H3. The van der Waals surface area contributed by atoms with Gasteiger partial charge in [-0.15, -0.1) is 0 Å². The molecule has 0 heterocycles. The highest BCUT2D eigenvalue weighted by Gasteiger charge is 2.17. The van der Waals surface area contributed by atoms with Crippen LogP contribution in [0.15, 0.2) is 53.4 Å². The number of ether oxygens (including phenoxy) is 1. The van der Waals surface area contributed by atoms with E-state index in [0.717, 1.165) is 0 Å². The maximum Gasteiger partial charge on any atom is 0.262 e. The van der Waals surface area contributed by atoms with E-state index >= 15 is 0 Å². The van der Waals surface area contributed by atoms with Gasteiger partial charge < -0.3 is 9.64 Å². The molecule has 0 radical (unpaired) electrons. The van der Waals surface area contributed by atoms with Crippen LogP contribution in [0.25, 0.3) is 0 Å². The molecule has 7 heteroatoms. The highest BCUT2D eigenvalue weighted by atomic mass is 32.2. The van der Waals surface area contributed by atoms with E-state index in [0.29, 0.717) is 17.0 Å². The van der Waals surface area contributed by atoms with Crippen LogP contribution < -0.4 is 9.46 Å². The number of sulfonamides is 1. The fourth-order valence-electron chi connectivity index (χ4n) is 1.97. The number of carbonyl (C=O) groups is 1. The number of hydrogen-bond donors (Lipinski definition) is 1. The molecule has 23 heavy (non-hydrogen) atoms. The van der Waals surface area contributed by atoms with Crippen molar-refractivity contribution in [2.45, 2.75) is 4.90 Å². The Morgan fingerprint density at radius 1 is 1.04 bits per heavy atom. The number of nitrogens with one attached hydrogen (secondary N) is 1. The van der Waals surface area contributed by atoms with Gasteiger partial charge in [0.15, 0.2) is 0 Å². The van der Waals surface area contributed by atoms with Crippen molar-refractivity contribution < 1.29 is 17.9 Å². The summed E-state index contributed by atoms with van der Waals surface area (Å²) in [5.74, 6) is 0.238. The second kappa shape index (κ2) is 6.70. The van der Waals surface area contributed by atoms with Gasteiger partial charge in [-0.3, -0.25) is 9.52 Å². The van der Waals surface area contributed by atoms with E-state index in [9.17, 15) is 13.2 Å². The summed E-state index contributed by atoms with van der Waals surface area (Å²) in [4.78, 5) is 13.3. The molecule has 6 nitrogen and oxygen atoms in total. The minimum absolute atomic E-state index is 0.0683. The quantitative estimate of drug-likeness (QED) is 0.909. The zero-order valence-electron chi connectivity index (χ0n) is 13.1. The van der Waals surface area contributed by atoms with Crippen molar-refractivity contribution in [3.63, 3.8) is 0 Å². The maximum absolute atomic E-state index is 12.4. The first-order chi connectivity index (χ1) is 10.8. The van der Waals surface area contributed by atoms with Crippen molar-refractivity contribution >= 4 is 21.6 Å². The average molecular weight is 334 g/mol. The normalized spacial score (nSPS) is 10.9. The Balaban J connectivity index is 2.28. The third-order valence-corrected chi connectivity index (χ3v) is 4.55. The van der Waals surface area contributed by atoms with E-state index in [2.05, 4.69) is 4.72 Å². The number of benzene rings is 2. The van der Waals surface area contributed by atoms with Gasteiger partial charge in [0.1, 0.15) is 5.75 Å². The first-order valence-electron chi connectivity index (χ1n) is 6.82. The molecule has 0 bridgehead atoms. The number of hydrogen-bond acceptors (Lipinski definition) is 4. The molecule has 0 atom stereocenters. The Morgan fingerprint density at radius 3 is 2.22 bits per heavy atom. The summed E-state index contributed by atoms with van der Waals surface area (Å²) in [7, 11) is 0.974. The zero-order chi connectivity index (χ0) is 17.0. The van der Waals surface area contributed by atoms with E-state index < -0.39 is 10.0 Å². The van der Waals surface area contributed by atoms with Gasteiger partial charge in [-0.25, -0.2) is 8.42 Å². The molecule has 0 saturated heterocycles. The summed E-state index contributed by atoms with van der Waals surface area (Å²) in [6, 6.07) is 12.5. The molecule has 0 spiro atoms. The van der Waals surface area contributed by atoms with E-state index in [4.69, 9.17) is 4.74 Å². The summed E-state index contributed by atoms with van der Waals surface area (Å²) >= 11 is 0. The van der Waals surface area contributed by atoms with E-state index in [1.54, 1.807) is 38.4 Å². The lowest BCUT2D eigenvalue weighted by molar-refractivity contribution is 0.0827. The largest absolute Gasteiger partial charge is 0.495 e. The molecular formula is C16H18N2O4S. The molecule has 0 aromatic heterocycles. The van der Waals surface area contributed by atoms with E-state index in [-0.39, 0.29) is 10.8 Å². The zero-order valence-corrected chi connectivity index (χ0v) is 13.9. The van der Waals surface area contributed by atoms with Gasteiger partial charge in [0.2, 0.25) is 0 Å². The van der Waals surface area contributed by atoms with Crippen molar-refractivity contribution in [1.29, 1.82) is 0 Å². The van der Waals surface area contributed by atoms with E-state index in [1.807, 2.05) is 0 Å². The van der Waals surface area contributed by atoms with Gasteiger partial charge in [0.05, 0.1) is 17.7 Å². The highest BCUT2D eigenvalue weighted by Crippen LogP contribution is 2.26. The molecule has 0 aliphatic carbocycles. The summed E-state index contributed by atoms with van der Waals surface area (Å²) in [5, 5.41) is 0. The number of amides is 1. The SMILES string of the molecule is COc1ccccc1NS(=O)(=O)c1ccc(C(=O)N(C)C)cc1. The van der Waals surface area contributed by atoms with Crippen molar-refractivity contribution in [2.24, 2.45) is 0 Å². The van der Waals surface area contributed by atoms with Crippen LogP contribution in [-0.4, -0.2) is 40.4 Å². The van der Waals surface area contributed by atoms with Crippen LogP contribution in [0.3, 0.4) is 0 Å². The average Bonchev–Trinajstić information content (AvgIpc) is 2.54. The monoisotopic (exact) mass is 334 g/mol. The van der Waals surface area contributed by atoms with Crippen molar-refractivity contribution in [1.82, 2.24) is 4.90 Å². The second-order valence-corrected chi connectivity index (χ2v) is 6.71. The van der Waals surface area contributed by atoms with Gasteiger partial charge in [0.25, 0.3) is 15.9 Å². The third kappa shape index (κ3) is 3.81. The Bertz CT molecular complexity index is 799. The summed E-state index contributed by atoms with van der Waals surface area (Å²) in [6.45, 7) is 0. The van der Waals surface area contributed by atoms with Gasteiger partial charge in [-0.1, -0.05) is 12.1 Å². The Kier molecular flexibility index (Phi) is 4.90. The smallest absolute Gasteiger partial charge is 0.262 e. The molecule has 2 rings (SSSR count). The molecule has 0 saturated carbocycles. The molecular weight excluding hydrogens is 316 g/mol. The number of para-hydroxylation sites is 2. The molecule has 2 aromatic carbocycles. The van der Waals surface area contributed by atoms with Gasteiger partial charge in [0, 0.05) is 19.7 Å². The Morgan fingerprint density at radius 2 is 1.65 bits per heavy atom. The van der Waals surface area contributed by atoms with Gasteiger partial charge in [-0.05, 0) is 36.4 Å². The summed E-state index contributed by atoms with van der Waals surface area (Å²) < 4.78 is 32.4. The second-order valence-electron chi connectivity index (χ2n) is 5.03. The number of methoxy groups -OCH3 is 1. The van der Waals surface area contributed by atoms with Crippen LogP contribution in [-0.2, 0) is 10.0 Å². The first kappa shape index (κ1) is 16.8. The molecule has 0 unspecified atom stereocenters. The van der Waals surface area contributed by atoms with E-state index in [1.165, 1.54) is 36.3 Å². The van der Waals surface area contributed by atoms with Crippen LogP contribution in [0.2, 0.25) is 0 Å². The molecule has 0 aliphatic rings. The van der Waals surface area contributed by atoms with Crippen molar-refractivity contribution in [3.05, 3.63) is 54.1 Å². The Labute approximate surface area is 135 Å². The number of nitrogens with zero attached hydrogens (tertiary/aromatic N) is 1. The fourth-order valence-corrected chi connectivity index (χ4v) is 3.04. The summed E-state index contributed by atoms with van der Waals surface area (Å²) in [5.41, 5.74) is 0.773. The van der Waals surface area contributed by atoms with Gasteiger partial charge >= 0.3 is 0 Å². The van der Waals surface area contributed by atoms with Crippen molar-refractivity contribution in [2.75, 3.05) is 25.9 Å². The predicted molar refractivity (Wildman–Crippen MR) is 88.3 cm³/mol. The molecule has 0 aliphatic heterocycles. The summed E-state index contributed by atoms with van der Waals surface area (Å²) in [6.07, 6.45) is 0. The first-order valence-corrected chi connectivity index (χ1v) is 8.31. The fraction of sp³-hybridized carbons (Fsp3) is 0.188. The van der Waals surface area contributed by atoms with Crippen molar-refractivity contribution in [3.8, 4) is 5.75 Å². The molecule has 122 valence electrons. The highest BCUT2D eigenvalue weighted by molar-refractivity contribution is 7.92. The van der Waals surface area contributed by atoms with Crippen LogP contribution in [0.4, 0.5) is 5.69 Å². The predicted octanol–water partition coefficient (Wildman–Crippen LogP) is 2.20. The molecule has 2 aromatic rings. The lowest BCUT2D eigenvalue weighted by Gasteiger charge is -2.13. The lowest BCUT2D eigenvalue weighted by atomic mass is 10.2. The van der Waals surface area contributed by atoms with Crippen LogP contribution >= 0.6 is 0 Å². The number of carbonyl (C=O) groups excluding carboxylic acids is 1. The molecule has 0 fully saturated rings. The van der Waals surface area contributed by atoms with Crippen LogP contribution in [0, 0.1) is 0 Å². The minimum atomic E-state index is -3.76. The van der Waals surface area contributed by atoms with Crippen LogP contribution in [0.1, 0.15) is 10.4 Å². The lowest BCUT2D eigenvalue weighted by Crippen LogP contribution is -2.21. The topological polar surface area (TPSA) is 75.7 Å².